The summed E-state index contributed by atoms with van der Waals surface area (Å²) in [4.78, 5) is 13.9. The quantitative estimate of drug-likeness (QED) is 0.862. The van der Waals surface area contributed by atoms with Gasteiger partial charge in [-0.15, -0.1) is 0 Å². The van der Waals surface area contributed by atoms with Gasteiger partial charge >= 0.3 is 0 Å². The van der Waals surface area contributed by atoms with Crippen molar-refractivity contribution in [2.45, 2.75) is 19.5 Å². The Hall–Kier alpha value is -1.53. The standard InChI is InChI=1S/C14H19F2N3O/c1-10-7-17-2-3-19(10)9-14(20)18-8-11-4-12(15)6-13(16)5-11/h4-6,10,17H,2-3,7-9H2,1H3,(H,18,20)/t10-/m1/s1. The Morgan fingerprint density at radius 3 is 2.75 bits per heavy atom. The van der Waals surface area contributed by atoms with Crippen molar-refractivity contribution in [2.75, 3.05) is 26.2 Å². The van der Waals surface area contributed by atoms with Crippen LogP contribution >= 0.6 is 0 Å². The van der Waals surface area contributed by atoms with Crippen molar-refractivity contribution in [1.29, 1.82) is 0 Å². The van der Waals surface area contributed by atoms with E-state index in [9.17, 15) is 13.6 Å². The third-order valence-electron chi connectivity index (χ3n) is 3.40. The van der Waals surface area contributed by atoms with Gasteiger partial charge in [-0.1, -0.05) is 0 Å². The predicted octanol–water partition coefficient (Wildman–Crippen LogP) is 0.875. The lowest BCUT2D eigenvalue weighted by Gasteiger charge is -2.33. The number of hydrogen-bond acceptors (Lipinski definition) is 3. The number of benzene rings is 1. The first-order chi connectivity index (χ1) is 9.54. The Kier molecular flexibility index (Phi) is 5.03. The Morgan fingerprint density at radius 1 is 1.40 bits per heavy atom. The minimum absolute atomic E-state index is 0.133. The van der Waals surface area contributed by atoms with E-state index in [-0.39, 0.29) is 12.5 Å². The zero-order valence-electron chi connectivity index (χ0n) is 11.5. The van der Waals surface area contributed by atoms with Crippen LogP contribution in [-0.2, 0) is 11.3 Å². The van der Waals surface area contributed by atoms with Crippen molar-refractivity contribution in [3.05, 3.63) is 35.4 Å². The summed E-state index contributed by atoms with van der Waals surface area (Å²) in [7, 11) is 0. The maximum atomic E-state index is 13.0. The number of carbonyl (C=O) groups excluding carboxylic acids is 1. The molecule has 0 aliphatic carbocycles. The van der Waals surface area contributed by atoms with E-state index in [1.165, 1.54) is 12.1 Å². The first kappa shape index (κ1) is 14.9. The molecule has 1 aromatic carbocycles. The minimum atomic E-state index is -0.634. The number of halogens is 2. The van der Waals surface area contributed by atoms with Crippen molar-refractivity contribution in [2.24, 2.45) is 0 Å². The molecule has 1 fully saturated rings. The molecular formula is C14H19F2N3O. The first-order valence-electron chi connectivity index (χ1n) is 6.71. The Labute approximate surface area is 117 Å². The lowest BCUT2D eigenvalue weighted by molar-refractivity contribution is -0.123. The number of nitrogens with one attached hydrogen (secondary N) is 2. The summed E-state index contributed by atoms with van der Waals surface area (Å²) in [6.07, 6.45) is 0. The zero-order valence-corrected chi connectivity index (χ0v) is 11.5. The molecule has 1 aliphatic heterocycles. The predicted molar refractivity (Wildman–Crippen MR) is 72.1 cm³/mol. The van der Waals surface area contributed by atoms with Crippen LogP contribution in [0.4, 0.5) is 8.78 Å². The van der Waals surface area contributed by atoms with E-state index in [0.717, 1.165) is 25.7 Å². The van der Waals surface area contributed by atoms with E-state index in [4.69, 9.17) is 0 Å². The van der Waals surface area contributed by atoms with Gasteiger partial charge in [0.15, 0.2) is 0 Å². The van der Waals surface area contributed by atoms with Gasteiger partial charge in [0.1, 0.15) is 11.6 Å². The lowest BCUT2D eigenvalue weighted by Crippen LogP contribution is -2.52. The van der Waals surface area contributed by atoms with Crippen molar-refractivity contribution in [1.82, 2.24) is 15.5 Å². The fourth-order valence-corrected chi connectivity index (χ4v) is 2.27. The highest BCUT2D eigenvalue weighted by Gasteiger charge is 2.19. The summed E-state index contributed by atoms with van der Waals surface area (Å²) in [5, 5.41) is 5.94. The highest BCUT2D eigenvalue weighted by atomic mass is 19.1. The number of hydrogen-bond donors (Lipinski definition) is 2. The molecule has 1 heterocycles. The number of nitrogens with zero attached hydrogens (tertiary/aromatic N) is 1. The van der Waals surface area contributed by atoms with Crippen molar-refractivity contribution >= 4 is 5.91 Å². The smallest absolute Gasteiger partial charge is 0.234 e. The van der Waals surface area contributed by atoms with Crippen LogP contribution in [0.2, 0.25) is 0 Å². The molecule has 2 rings (SSSR count). The van der Waals surface area contributed by atoms with Crippen LogP contribution in [0.1, 0.15) is 12.5 Å². The van der Waals surface area contributed by atoms with Gasteiger partial charge in [-0.25, -0.2) is 8.78 Å². The molecule has 0 bridgehead atoms. The molecule has 4 nitrogen and oxygen atoms in total. The zero-order chi connectivity index (χ0) is 14.5. The molecule has 20 heavy (non-hydrogen) atoms. The molecule has 0 saturated carbocycles. The van der Waals surface area contributed by atoms with Crippen molar-refractivity contribution < 1.29 is 13.6 Å². The highest BCUT2D eigenvalue weighted by Crippen LogP contribution is 2.07. The second-order valence-electron chi connectivity index (χ2n) is 5.08. The third-order valence-corrected chi connectivity index (χ3v) is 3.40. The summed E-state index contributed by atoms with van der Waals surface area (Å²) in [6.45, 7) is 5.05. The molecular weight excluding hydrogens is 264 g/mol. The summed E-state index contributed by atoms with van der Waals surface area (Å²) in [5.41, 5.74) is 0.421. The normalized spacial score (nSPS) is 19.9. The van der Waals surface area contributed by atoms with Crippen LogP contribution in [0.25, 0.3) is 0 Å². The summed E-state index contributed by atoms with van der Waals surface area (Å²) < 4.78 is 26.0. The fourth-order valence-electron chi connectivity index (χ4n) is 2.27. The average molecular weight is 283 g/mol. The first-order valence-corrected chi connectivity index (χ1v) is 6.71. The van der Waals surface area contributed by atoms with Crippen LogP contribution in [-0.4, -0.2) is 43.0 Å². The Morgan fingerprint density at radius 2 is 2.10 bits per heavy atom. The largest absolute Gasteiger partial charge is 0.351 e. The minimum Gasteiger partial charge on any atom is -0.351 e. The van der Waals surface area contributed by atoms with E-state index in [1.807, 2.05) is 0 Å². The average Bonchev–Trinajstić information content (AvgIpc) is 2.38. The topological polar surface area (TPSA) is 44.4 Å². The summed E-state index contributed by atoms with van der Waals surface area (Å²) in [6, 6.07) is 3.56. The SMILES string of the molecule is C[C@@H]1CNCCN1CC(=O)NCc1cc(F)cc(F)c1. The van der Waals surface area contributed by atoms with Crippen molar-refractivity contribution in [3.8, 4) is 0 Å². The van der Waals surface area contributed by atoms with Crippen LogP contribution in [0.5, 0.6) is 0 Å². The Bertz CT molecular complexity index is 461. The molecule has 6 heteroatoms. The molecule has 110 valence electrons. The van der Waals surface area contributed by atoms with Gasteiger partial charge in [-0.05, 0) is 24.6 Å². The van der Waals surface area contributed by atoms with E-state index < -0.39 is 11.6 Å². The molecule has 2 N–H and O–H groups in total. The molecule has 1 saturated heterocycles. The van der Waals surface area contributed by atoms with Gasteiger partial charge in [0, 0.05) is 38.3 Å². The van der Waals surface area contributed by atoms with E-state index in [0.29, 0.717) is 18.2 Å². The molecule has 0 aromatic heterocycles. The number of rotatable bonds is 4. The number of carbonyl (C=O) groups is 1. The van der Waals surface area contributed by atoms with Crippen LogP contribution in [0, 0.1) is 11.6 Å². The summed E-state index contributed by atoms with van der Waals surface area (Å²) in [5.74, 6) is -1.40. The molecule has 1 amide bonds. The molecule has 0 unspecified atom stereocenters. The molecule has 0 spiro atoms. The molecule has 0 radical (unpaired) electrons. The molecule has 1 aliphatic rings. The van der Waals surface area contributed by atoms with Crippen LogP contribution in [0.15, 0.2) is 18.2 Å². The van der Waals surface area contributed by atoms with Crippen LogP contribution in [0.3, 0.4) is 0 Å². The fraction of sp³-hybridized carbons (Fsp3) is 0.500. The Balaban J connectivity index is 1.82. The second-order valence-corrected chi connectivity index (χ2v) is 5.08. The van der Waals surface area contributed by atoms with Gasteiger partial charge < -0.3 is 10.6 Å². The molecule has 1 atom stereocenters. The second kappa shape index (κ2) is 6.76. The van der Waals surface area contributed by atoms with Gasteiger partial charge in [0.05, 0.1) is 6.54 Å². The van der Waals surface area contributed by atoms with Gasteiger partial charge in [0.2, 0.25) is 5.91 Å². The van der Waals surface area contributed by atoms with Crippen LogP contribution < -0.4 is 10.6 Å². The van der Waals surface area contributed by atoms with E-state index >= 15 is 0 Å². The van der Waals surface area contributed by atoms with Gasteiger partial charge in [-0.3, -0.25) is 9.69 Å². The monoisotopic (exact) mass is 283 g/mol. The third kappa shape index (κ3) is 4.25. The summed E-state index contributed by atoms with van der Waals surface area (Å²) >= 11 is 0. The van der Waals surface area contributed by atoms with Gasteiger partial charge in [0.25, 0.3) is 0 Å². The van der Waals surface area contributed by atoms with E-state index in [1.54, 1.807) is 0 Å². The van der Waals surface area contributed by atoms with E-state index in [2.05, 4.69) is 22.5 Å². The number of piperazine rings is 1. The maximum absolute atomic E-state index is 13.0. The van der Waals surface area contributed by atoms with Crippen molar-refractivity contribution in [3.63, 3.8) is 0 Å². The highest BCUT2D eigenvalue weighted by molar-refractivity contribution is 5.78. The lowest BCUT2D eigenvalue weighted by atomic mass is 10.2. The maximum Gasteiger partial charge on any atom is 0.234 e. The number of amides is 1. The van der Waals surface area contributed by atoms with Gasteiger partial charge in [-0.2, -0.15) is 0 Å². The molecule has 1 aromatic rings.